The molecule has 74 valence electrons. The van der Waals surface area contributed by atoms with E-state index in [1.165, 1.54) is 12.8 Å². The SMILES string of the molecule is NC(=NCc1cccnn1)NC1CC1. The standard InChI is InChI=1S/C9H13N5/c10-9(13-7-3-4-7)11-6-8-2-1-5-12-14-8/h1-2,5,7H,3-4,6H2,(H3,10,11,13). The van der Waals surface area contributed by atoms with Crippen molar-refractivity contribution in [3.05, 3.63) is 24.0 Å². The molecule has 0 radical (unpaired) electrons. The molecule has 3 N–H and O–H groups in total. The van der Waals surface area contributed by atoms with Gasteiger partial charge < -0.3 is 11.1 Å². The molecule has 1 saturated carbocycles. The Morgan fingerprint density at radius 2 is 2.50 bits per heavy atom. The summed E-state index contributed by atoms with van der Waals surface area (Å²) in [5, 5.41) is 10.8. The van der Waals surface area contributed by atoms with E-state index in [0.717, 1.165) is 5.69 Å². The molecule has 0 aromatic carbocycles. The largest absolute Gasteiger partial charge is 0.370 e. The summed E-state index contributed by atoms with van der Waals surface area (Å²) in [5.74, 6) is 0.498. The zero-order valence-electron chi connectivity index (χ0n) is 7.85. The Morgan fingerprint density at radius 3 is 3.14 bits per heavy atom. The zero-order chi connectivity index (χ0) is 9.80. The van der Waals surface area contributed by atoms with Crippen molar-refractivity contribution < 1.29 is 0 Å². The summed E-state index contributed by atoms with van der Waals surface area (Å²) in [7, 11) is 0. The molecule has 5 heteroatoms. The predicted molar refractivity (Wildman–Crippen MR) is 53.5 cm³/mol. The zero-order valence-corrected chi connectivity index (χ0v) is 7.85. The summed E-state index contributed by atoms with van der Waals surface area (Å²) in [6.07, 6.45) is 4.03. The second-order valence-electron chi connectivity index (χ2n) is 3.34. The van der Waals surface area contributed by atoms with Crippen molar-refractivity contribution in [3.63, 3.8) is 0 Å². The highest BCUT2D eigenvalue weighted by molar-refractivity contribution is 5.78. The summed E-state index contributed by atoms with van der Waals surface area (Å²) in [4.78, 5) is 4.16. The summed E-state index contributed by atoms with van der Waals surface area (Å²) >= 11 is 0. The fourth-order valence-electron chi connectivity index (χ4n) is 1.07. The number of guanidine groups is 1. The van der Waals surface area contributed by atoms with Crippen LogP contribution in [0, 0.1) is 0 Å². The molecule has 0 spiro atoms. The van der Waals surface area contributed by atoms with Gasteiger partial charge in [0, 0.05) is 12.2 Å². The van der Waals surface area contributed by atoms with Gasteiger partial charge in [0.15, 0.2) is 5.96 Å². The van der Waals surface area contributed by atoms with Crippen LogP contribution in [0.2, 0.25) is 0 Å². The lowest BCUT2D eigenvalue weighted by molar-refractivity contribution is 0.855. The van der Waals surface area contributed by atoms with Crippen LogP contribution in [0.25, 0.3) is 0 Å². The first-order valence-electron chi connectivity index (χ1n) is 4.67. The van der Waals surface area contributed by atoms with Crippen LogP contribution in [-0.2, 0) is 6.54 Å². The lowest BCUT2D eigenvalue weighted by atomic mass is 10.4. The molecule has 0 unspecified atom stereocenters. The minimum atomic E-state index is 0.486. The maximum absolute atomic E-state index is 5.65. The van der Waals surface area contributed by atoms with Gasteiger partial charge in [0.25, 0.3) is 0 Å². The highest BCUT2D eigenvalue weighted by Crippen LogP contribution is 2.17. The van der Waals surface area contributed by atoms with Gasteiger partial charge in [0.1, 0.15) is 0 Å². The van der Waals surface area contributed by atoms with Crippen LogP contribution in [0.5, 0.6) is 0 Å². The third-order valence-corrected chi connectivity index (χ3v) is 1.97. The van der Waals surface area contributed by atoms with Crippen LogP contribution in [0.15, 0.2) is 23.3 Å². The molecule has 1 fully saturated rings. The van der Waals surface area contributed by atoms with Crippen molar-refractivity contribution >= 4 is 5.96 Å². The van der Waals surface area contributed by atoms with Gasteiger partial charge in [0.05, 0.1) is 12.2 Å². The molecule has 0 saturated heterocycles. The van der Waals surface area contributed by atoms with Gasteiger partial charge in [-0.25, -0.2) is 4.99 Å². The van der Waals surface area contributed by atoms with Gasteiger partial charge in [-0.15, -0.1) is 0 Å². The van der Waals surface area contributed by atoms with Gasteiger partial charge >= 0.3 is 0 Å². The molecule has 2 rings (SSSR count). The van der Waals surface area contributed by atoms with Crippen LogP contribution in [0.3, 0.4) is 0 Å². The molecular weight excluding hydrogens is 178 g/mol. The topological polar surface area (TPSA) is 76.2 Å². The molecule has 0 amide bonds. The minimum Gasteiger partial charge on any atom is -0.370 e. The molecule has 0 aliphatic heterocycles. The summed E-state index contributed by atoms with van der Waals surface area (Å²) < 4.78 is 0. The van der Waals surface area contributed by atoms with E-state index in [1.54, 1.807) is 6.20 Å². The first kappa shape index (κ1) is 8.93. The third kappa shape index (κ3) is 2.69. The molecule has 1 aliphatic carbocycles. The van der Waals surface area contributed by atoms with Gasteiger partial charge in [-0.1, -0.05) is 0 Å². The maximum Gasteiger partial charge on any atom is 0.189 e. The Labute approximate surface area is 82.4 Å². The number of aromatic nitrogens is 2. The Bertz CT molecular complexity index is 317. The average molecular weight is 191 g/mol. The van der Waals surface area contributed by atoms with E-state index >= 15 is 0 Å². The number of hydrogen-bond donors (Lipinski definition) is 2. The number of aliphatic imine (C=N–C) groups is 1. The summed E-state index contributed by atoms with van der Waals surface area (Å²) in [5.41, 5.74) is 6.48. The van der Waals surface area contributed by atoms with Gasteiger partial charge in [-0.05, 0) is 25.0 Å². The molecule has 0 atom stereocenters. The van der Waals surface area contributed by atoms with Crippen LogP contribution in [0.4, 0.5) is 0 Å². The molecule has 1 aliphatic rings. The minimum absolute atomic E-state index is 0.486. The maximum atomic E-state index is 5.65. The van der Waals surface area contributed by atoms with E-state index in [-0.39, 0.29) is 0 Å². The summed E-state index contributed by atoms with van der Waals surface area (Å²) in [6, 6.07) is 4.25. The van der Waals surface area contributed by atoms with E-state index in [0.29, 0.717) is 18.5 Å². The number of rotatable bonds is 3. The first-order chi connectivity index (χ1) is 6.84. The molecule has 5 nitrogen and oxygen atoms in total. The first-order valence-corrected chi connectivity index (χ1v) is 4.67. The lowest BCUT2D eigenvalue weighted by Gasteiger charge is -2.01. The van der Waals surface area contributed by atoms with Gasteiger partial charge in [-0.3, -0.25) is 0 Å². The summed E-state index contributed by atoms with van der Waals surface area (Å²) in [6.45, 7) is 0.486. The average Bonchev–Trinajstić information content (AvgIpc) is 3.00. The molecule has 1 heterocycles. The van der Waals surface area contributed by atoms with E-state index in [4.69, 9.17) is 5.73 Å². The monoisotopic (exact) mass is 191 g/mol. The van der Waals surface area contributed by atoms with E-state index in [2.05, 4.69) is 20.5 Å². The smallest absolute Gasteiger partial charge is 0.189 e. The Morgan fingerprint density at radius 1 is 1.64 bits per heavy atom. The molecular formula is C9H13N5. The third-order valence-electron chi connectivity index (χ3n) is 1.97. The number of nitrogens with two attached hydrogens (primary N) is 1. The van der Waals surface area contributed by atoms with Crippen molar-refractivity contribution in [1.29, 1.82) is 0 Å². The van der Waals surface area contributed by atoms with E-state index in [9.17, 15) is 0 Å². The van der Waals surface area contributed by atoms with Gasteiger partial charge in [0.2, 0.25) is 0 Å². The Hall–Kier alpha value is -1.65. The Balaban J connectivity index is 1.85. The predicted octanol–water partition coefficient (Wildman–Crippen LogP) is 0.0433. The van der Waals surface area contributed by atoms with Crippen LogP contribution in [-0.4, -0.2) is 22.2 Å². The van der Waals surface area contributed by atoms with Crippen molar-refractivity contribution in [2.45, 2.75) is 25.4 Å². The van der Waals surface area contributed by atoms with Crippen LogP contribution < -0.4 is 11.1 Å². The lowest BCUT2D eigenvalue weighted by Crippen LogP contribution is -2.33. The van der Waals surface area contributed by atoms with Crippen molar-refractivity contribution in [1.82, 2.24) is 15.5 Å². The Kier molecular flexibility index (Phi) is 2.58. The van der Waals surface area contributed by atoms with Crippen molar-refractivity contribution in [3.8, 4) is 0 Å². The van der Waals surface area contributed by atoms with Crippen molar-refractivity contribution in [2.75, 3.05) is 0 Å². The highest BCUT2D eigenvalue weighted by atomic mass is 15.1. The molecule has 1 aromatic heterocycles. The normalized spacial score (nSPS) is 16.7. The fraction of sp³-hybridized carbons (Fsp3) is 0.444. The second-order valence-corrected chi connectivity index (χ2v) is 3.34. The highest BCUT2D eigenvalue weighted by Gasteiger charge is 2.21. The quantitative estimate of drug-likeness (QED) is 0.522. The molecule has 0 bridgehead atoms. The van der Waals surface area contributed by atoms with Gasteiger partial charge in [-0.2, -0.15) is 10.2 Å². The van der Waals surface area contributed by atoms with Crippen LogP contribution in [0.1, 0.15) is 18.5 Å². The molecule has 1 aromatic rings. The van der Waals surface area contributed by atoms with Crippen molar-refractivity contribution in [2.24, 2.45) is 10.7 Å². The number of nitrogens with zero attached hydrogens (tertiary/aromatic N) is 3. The van der Waals surface area contributed by atoms with Crippen LogP contribution >= 0.6 is 0 Å². The molecule has 14 heavy (non-hydrogen) atoms. The number of nitrogens with one attached hydrogen (secondary N) is 1. The van der Waals surface area contributed by atoms with E-state index in [1.807, 2.05) is 12.1 Å². The van der Waals surface area contributed by atoms with E-state index < -0.39 is 0 Å². The number of hydrogen-bond acceptors (Lipinski definition) is 3. The second kappa shape index (κ2) is 4.04. The fourth-order valence-corrected chi connectivity index (χ4v) is 1.07.